The van der Waals surface area contributed by atoms with Gasteiger partial charge in [0, 0.05) is 12.5 Å². The molecule has 0 radical (unpaired) electrons. The number of methoxy groups -OCH3 is 1. The Morgan fingerprint density at radius 2 is 1.88 bits per heavy atom. The minimum Gasteiger partial charge on any atom is -0.378 e. The number of aromatic nitrogens is 1. The van der Waals surface area contributed by atoms with Crippen LogP contribution in [-0.4, -0.2) is 12.1 Å². The Kier molecular flexibility index (Phi) is 3.79. The Labute approximate surface area is 114 Å². The highest BCUT2D eigenvalue weighted by atomic mass is 35.5. The number of ether oxygens (including phenoxy) is 1. The average molecular weight is 291 g/mol. The summed E-state index contributed by atoms with van der Waals surface area (Å²) in [6.45, 7) is 2.27. The van der Waals surface area contributed by atoms with Crippen LogP contribution in [0.2, 0.25) is 15.1 Å². The molecule has 1 aromatic heterocycles. The summed E-state index contributed by atoms with van der Waals surface area (Å²) in [7, 11) is 1.60. The van der Waals surface area contributed by atoms with Crippen LogP contribution in [0.3, 0.4) is 0 Å². The summed E-state index contributed by atoms with van der Waals surface area (Å²) >= 11 is 18.6. The number of hydrogen-bond acceptors (Lipinski definition) is 2. The molecular formula is C12H10Cl3NO. The second-order valence-corrected chi connectivity index (χ2v) is 4.93. The molecule has 2 rings (SSSR count). The van der Waals surface area contributed by atoms with Crippen LogP contribution in [-0.2, 0) is 11.3 Å². The maximum absolute atomic E-state index is 6.22. The molecule has 1 aromatic carbocycles. The van der Waals surface area contributed by atoms with Crippen LogP contribution in [0.1, 0.15) is 11.3 Å². The second-order valence-electron chi connectivity index (χ2n) is 3.74. The average Bonchev–Trinajstić information content (AvgIpc) is 2.26. The third kappa shape index (κ3) is 2.36. The highest BCUT2D eigenvalue weighted by molar-refractivity contribution is 6.45. The smallest absolute Gasteiger partial charge is 0.0922 e. The lowest BCUT2D eigenvalue weighted by Crippen LogP contribution is -1.95. The van der Waals surface area contributed by atoms with E-state index >= 15 is 0 Å². The summed E-state index contributed by atoms with van der Waals surface area (Å²) < 4.78 is 5.03. The van der Waals surface area contributed by atoms with Crippen molar-refractivity contribution in [3.8, 4) is 0 Å². The Bertz CT molecular complexity index is 584. The van der Waals surface area contributed by atoms with E-state index in [0.717, 1.165) is 11.3 Å². The van der Waals surface area contributed by atoms with Gasteiger partial charge < -0.3 is 4.74 Å². The van der Waals surface area contributed by atoms with Crippen molar-refractivity contribution in [2.45, 2.75) is 13.5 Å². The van der Waals surface area contributed by atoms with Gasteiger partial charge in [0.2, 0.25) is 0 Å². The molecule has 0 saturated carbocycles. The summed E-state index contributed by atoms with van der Waals surface area (Å²) in [6.07, 6.45) is 0. The fourth-order valence-corrected chi connectivity index (χ4v) is 2.59. The zero-order valence-electron chi connectivity index (χ0n) is 9.35. The van der Waals surface area contributed by atoms with Crippen molar-refractivity contribution in [2.75, 3.05) is 7.11 Å². The molecule has 0 aliphatic rings. The molecule has 90 valence electrons. The molecule has 5 heteroatoms. The van der Waals surface area contributed by atoms with E-state index in [1.165, 1.54) is 0 Å². The van der Waals surface area contributed by atoms with Crippen LogP contribution in [0.15, 0.2) is 12.1 Å². The van der Waals surface area contributed by atoms with Crippen molar-refractivity contribution in [1.82, 2.24) is 4.98 Å². The highest BCUT2D eigenvalue weighted by Crippen LogP contribution is 2.36. The Hall–Kier alpha value is -0.540. The van der Waals surface area contributed by atoms with Gasteiger partial charge in [-0.15, -0.1) is 0 Å². The molecule has 0 saturated heterocycles. The molecule has 2 aromatic rings. The van der Waals surface area contributed by atoms with Gasteiger partial charge in [0.25, 0.3) is 0 Å². The molecule has 17 heavy (non-hydrogen) atoms. The van der Waals surface area contributed by atoms with Crippen molar-refractivity contribution in [1.29, 1.82) is 0 Å². The third-order valence-corrected chi connectivity index (χ3v) is 3.53. The van der Waals surface area contributed by atoms with Gasteiger partial charge in [-0.1, -0.05) is 34.8 Å². The summed E-state index contributed by atoms with van der Waals surface area (Å²) in [5, 5.41) is 2.36. The Balaban J connectivity index is 2.81. The number of aryl methyl sites for hydroxylation is 1. The van der Waals surface area contributed by atoms with Crippen LogP contribution in [0.4, 0.5) is 0 Å². The molecule has 0 spiro atoms. The van der Waals surface area contributed by atoms with Crippen molar-refractivity contribution in [3.63, 3.8) is 0 Å². The molecule has 0 aliphatic heterocycles. The first-order chi connectivity index (χ1) is 8.04. The first-order valence-electron chi connectivity index (χ1n) is 4.97. The monoisotopic (exact) mass is 289 g/mol. The third-order valence-electron chi connectivity index (χ3n) is 2.45. The highest BCUT2D eigenvalue weighted by Gasteiger charge is 2.13. The minimum absolute atomic E-state index is 0.386. The summed E-state index contributed by atoms with van der Waals surface area (Å²) in [5.41, 5.74) is 2.22. The van der Waals surface area contributed by atoms with Crippen LogP contribution in [0, 0.1) is 6.92 Å². The molecule has 0 aliphatic carbocycles. The SMILES string of the molecule is COCc1cc(Cl)c2c(Cl)c(C)cc(Cl)c2n1. The van der Waals surface area contributed by atoms with Gasteiger partial charge in [0.1, 0.15) is 0 Å². The van der Waals surface area contributed by atoms with E-state index in [-0.39, 0.29) is 0 Å². The number of halogens is 3. The zero-order valence-corrected chi connectivity index (χ0v) is 11.6. The zero-order chi connectivity index (χ0) is 12.6. The minimum atomic E-state index is 0.386. The number of fused-ring (bicyclic) bond motifs is 1. The van der Waals surface area contributed by atoms with Crippen LogP contribution in [0.25, 0.3) is 10.9 Å². The molecule has 0 amide bonds. The Morgan fingerprint density at radius 1 is 1.18 bits per heavy atom. The van der Waals surface area contributed by atoms with Crippen molar-refractivity contribution < 1.29 is 4.74 Å². The van der Waals surface area contributed by atoms with E-state index in [9.17, 15) is 0 Å². The first-order valence-corrected chi connectivity index (χ1v) is 6.10. The molecule has 0 unspecified atom stereocenters. The maximum Gasteiger partial charge on any atom is 0.0922 e. The van der Waals surface area contributed by atoms with Gasteiger partial charge in [0.15, 0.2) is 0 Å². The van der Waals surface area contributed by atoms with E-state index < -0.39 is 0 Å². The topological polar surface area (TPSA) is 22.1 Å². The van der Waals surface area contributed by atoms with Crippen LogP contribution >= 0.6 is 34.8 Å². The lowest BCUT2D eigenvalue weighted by atomic mass is 10.1. The number of rotatable bonds is 2. The number of benzene rings is 1. The molecule has 0 bridgehead atoms. The molecular weight excluding hydrogens is 280 g/mol. The standard InChI is InChI=1S/C12H10Cl3NO/c1-6-3-9(14)12-10(11(6)15)8(13)4-7(16-12)5-17-2/h3-4H,5H2,1-2H3. The van der Waals surface area contributed by atoms with E-state index in [0.29, 0.717) is 32.6 Å². The van der Waals surface area contributed by atoms with Crippen LogP contribution in [0.5, 0.6) is 0 Å². The summed E-state index contributed by atoms with van der Waals surface area (Å²) in [4.78, 5) is 4.40. The molecule has 0 atom stereocenters. The van der Waals surface area contributed by atoms with Gasteiger partial charge in [-0.3, -0.25) is 0 Å². The molecule has 2 nitrogen and oxygen atoms in total. The second kappa shape index (κ2) is 4.99. The van der Waals surface area contributed by atoms with Crippen molar-refractivity contribution in [3.05, 3.63) is 38.5 Å². The first kappa shape index (κ1) is 12.9. The lowest BCUT2D eigenvalue weighted by molar-refractivity contribution is 0.182. The molecule has 0 fully saturated rings. The normalized spacial score (nSPS) is 11.1. The maximum atomic E-state index is 6.22. The van der Waals surface area contributed by atoms with Gasteiger partial charge in [0.05, 0.1) is 32.9 Å². The summed E-state index contributed by atoms with van der Waals surface area (Å²) in [5.74, 6) is 0. The quantitative estimate of drug-likeness (QED) is 0.803. The molecule has 0 N–H and O–H groups in total. The number of nitrogens with zero attached hydrogens (tertiary/aromatic N) is 1. The van der Waals surface area contributed by atoms with Gasteiger partial charge in [-0.05, 0) is 24.6 Å². The number of pyridine rings is 1. The Morgan fingerprint density at radius 3 is 2.53 bits per heavy atom. The van der Waals surface area contributed by atoms with Gasteiger partial charge in [-0.25, -0.2) is 4.98 Å². The van der Waals surface area contributed by atoms with Crippen molar-refractivity contribution in [2.24, 2.45) is 0 Å². The fraction of sp³-hybridized carbons (Fsp3) is 0.250. The van der Waals surface area contributed by atoms with Gasteiger partial charge >= 0.3 is 0 Å². The fourth-order valence-electron chi connectivity index (χ4n) is 1.69. The van der Waals surface area contributed by atoms with E-state index in [1.807, 2.05) is 6.92 Å². The summed E-state index contributed by atoms with van der Waals surface area (Å²) in [6, 6.07) is 3.53. The van der Waals surface area contributed by atoms with E-state index in [4.69, 9.17) is 39.5 Å². The van der Waals surface area contributed by atoms with E-state index in [2.05, 4.69) is 4.98 Å². The number of hydrogen-bond donors (Lipinski definition) is 0. The van der Waals surface area contributed by atoms with Crippen LogP contribution < -0.4 is 0 Å². The van der Waals surface area contributed by atoms with Gasteiger partial charge in [-0.2, -0.15) is 0 Å². The van der Waals surface area contributed by atoms with E-state index in [1.54, 1.807) is 19.2 Å². The molecule has 1 heterocycles. The predicted molar refractivity (Wildman–Crippen MR) is 72.2 cm³/mol. The largest absolute Gasteiger partial charge is 0.378 e. The predicted octanol–water partition coefficient (Wildman–Crippen LogP) is 4.65. The van der Waals surface area contributed by atoms with Crippen molar-refractivity contribution >= 4 is 45.7 Å². The lowest BCUT2D eigenvalue weighted by Gasteiger charge is -2.09.